The van der Waals surface area contributed by atoms with Gasteiger partial charge in [0.15, 0.2) is 0 Å². The first-order valence-electron chi connectivity index (χ1n) is 5.83. The van der Waals surface area contributed by atoms with Crippen LogP contribution >= 0.6 is 22.9 Å². The molecule has 1 heterocycles. The number of thiophene rings is 1. The summed E-state index contributed by atoms with van der Waals surface area (Å²) in [7, 11) is 0. The zero-order valence-electron chi connectivity index (χ0n) is 10.4. The third-order valence-corrected chi connectivity index (χ3v) is 4.05. The summed E-state index contributed by atoms with van der Waals surface area (Å²) in [6.07, 6.45) is 0.988. The minimum absolute atomic E-state index is 0.122. The molecule has 0 saturated heterocycles. The second-order valence-electron chi connectivity index (χ2n) is 3.96. The average molecular weight is 297 g/mol. The number of carboxylic acid groups (broad SMARTS) is 1. The van der Waals surface area contributed by atoms with E-state index >= 15 is 0 Å². The largest absolute Gasteiger partial charge is 0.487 e. The zero-order valence-corrected chi connectivity index (χ0v) is 11.9. The van der Waals surface area contributed by atoms with E-state index < -0.39 is 5.97 Å². The molecule has 0 bridgehead atoms. The van der Waals surface area contributed by atoms with Crippen LogP contribution in [0, 0.1) is 0 Å². The summed E-state index contributed by atoms with van der Waals surface area (Å²) in [6.45, 7) is 2.45. The molecule has 0 aliphatic heterocycles. The van der Waals surface area contributed by atoms with Gasteiger partial charge in [-0.05, 0) is 36.8 Å². The van der Waals surface area contributed by atoms with Crippen LogP contribution in [0.1, 0.15) is 27.0 Å². The van der Waals surface area contributed by atoms with Crippen LogP contribution in [0.15, 0.2) is 30.3 Å². The maximum atomic E-state index is 11.1. The Bertz CT molecular complexity index is 592. The number of hydrogen-bond donors (Lipinski definition) is 1. The molecule has 0 aliphatic carbocycles. The van der Waals surface area contributed by atoms with Crippen molar-refractivity contribution in [3.8, 4) is 5.75 Å². The molecule has 5 heteroatoms. The summed E-state index contributed by atoms with van der Waals surface area (Å²) in [4.78, 5) is 13.4. The quantitative estimate of drug-likeness (QED) is 0.897. The molecule has 3 nitrogen and oxygen atoms in total. The van der Waals surface area contributed by atoms with Crippen molar-refractivity contribution in [2.45, 2.75) is 20.0 Å². The average Bonchev–Trinajstić information content (AvgIpc) is 2.84. The standard InChI is InChI=1S/C14H13ClO3S/c1-2-10-4-5-11(19-10)8-18-13-7-9(15)3-6-12(13)14(16)17/h3-7H,2,8H2,1H3,(H,16,17). The molecular weight excluding hydrogens is 284 g/mol. The van der Waals surface area contributed by atoms with Crippen LogP contribution in [-0.4, -0.2) is 11.1 Å². The Hall–Kier alpha value is -1.52. The fourth-order valence-corrected chi connectivity index (χ4v) is 2.66. The number of aromatic carboxylic acids is 1. The lowest BCUT2D eigenvalue weighted by atomic mass is 10.2. The van der Waals surface area contributed by atoms with Crippen molar-refractivity contribution in [1.29, 1.82) is 0 Å². The number of aryl methyl sites for hydroxylation is 1. The molecule has 1 aromatic carbocycles. The Labute approximate surface area is 120 Å². The van der Waals surface area contributed by atoms with E-state index in [9.17, 15) is 4.79 Å². The Balaban J connectivity index is 2.14. The van der Waals surface area contributed by atoms with E-state index in [0.29, 0.717) is 17.4 Å². The van der Waals surface area contributed by atoms with Crippen LogP contribution < -0.4 is 4.74 Å². The maximum absolute atomic E-state index is 11.1. The number of hydrogen-bond acceptors (Lipinski definition) is 3. The number of carbonyl (C=O) groups is 1. The Morgan fingerprint density at radius 1 is 1.32 bits per heavy atom. The molecule has 2 aromatic rings. The predicted molar refractivity (Wildman–Crippen MR) is 76.4 cm³/mol. The first-order valence-corrected chi connectivity index (χ1v) is 7.03. The van der Waals surface area contributed by atoms with Crippen LogP contribution in [0.25, 0.3) is 0 Å². The number of rotatable bonds is 5. The van der Waals surface area contributed by atoms with Gasteiger partial charge in [-0.15, -0.1) is 11.3 Å². The van der Waals surface area contributed by atoms with Crippen molar-refractivity contribution >= 4 is 28.9 Å². The van der Waals surface area contributed by atoms with Gasteiger partial charge in [0.1, 0.15) is 17.9 Å². The second kappa shape index (κ2) is 6.08. The summed E-state index contributed by atoms with van der Waals surface area (Å²) in [5.41, 5.74) is 0.122. The number of ether oxygens (including phenoxy) is 1. The minimum Gasteiger partial charge on any atom is -0.487 e. The fourth-order valence-electron chi connectivity index (χ4n) is 1.63. The van der Waals surface area contributed by atoms with Gasteiger partial charge in [0.25, 0.3) is 0 Å². The third-order valence-electron chi connectivity index (χ3n) is 2.61. The van der Waals surface area contributed by atoms with E-state index in [1.165, 1.54) is 23.1 Å². The van der Waals surface area contributed by atoms with Crippen LogP contribution in [0.4, 0.5) is 0 Å². The first kappa shape index (κ1) is 13.9. The van der Waals surface area contributed by atoms with Gasteiger partial charge in [-0.3, -0.25) is 0 Å². The summed E-state index contributed by atoms with van der Waals surface area (Å²) < 4.78 is 5.57. The van der Waals surface area contributed by atoms with Crippen molar-refractivity contribution in [2.24, 2.45) is 0 Å². The molecule has 0 saturated carbocycles. The van der Waals surface area contributed by atoms with E-state index in [0.717, 1.165) is 11.3 Å². The molecular formula is C14H13ClO3S. The van der Waals surface area contributed by atoms with Crippen LogP contribution in [0.2, 0.25) is 5.02 Å². The van der Waals surface area contributed by atoms with Crippen molar-refractivity contribution < 1.29 is 14.6 Å². The van der Waals surface area contributed by atoms with Crippen LogP contribution in [0.3, 0.4) is 0 Å². The van der Waals surface area contributed by atoms with E-state index in [2.05, 4.69) is 13.0 Å². The van der Waals surface area contributed by atoms with Crippen LogP contribution in [-0.2, 0) is 13.0 Å². The summed E-state index contributed by atoms with van der Waals surface area (Å²) in [5.74, 6) is -0.724. The van der Waals surface area contributed by atoms with Gasteiger partial charge in [0, 0.05) is 14.8 Å². The SMILES string of the molecule is CCc1ccc(COc2cc(Cl)ccc2C(=O)O)s1. The second-order valence-corrected chi connectivity index (χ2v) is 5.65. The lowest BCUT2D eigenvalue weighted by Crippen LogP contribution is -2.02. The summed E-state index contributed by atoms with van der Waals surface area (Å²) in [5, 5.41) is 9.53. The number of carboxylic acids is 1. The predicted octanol–water partition coefficient (Wildman–Crippen LogP) is 4.24. The normalized spacial score (nSPS) is 10.4. The topological polar surface area (TPSA) is 46.5 Å². The molecule has 0 unspecified atom stereocenters. The highest BCUT2D eigenvalue weighted by Gasteiger charge is 2.12. The van der Waals surface area contributed by atoms with Crippen molar-refractivity contribution in [2.75, 3.05) is 0 Å². The molecule has 0 fully saturated rings. The molecule has 0 aliphatic rings. The van der Waals surface area contributed by atoms with Gasteiger partial charge < -0.3 is 9.84 Å². The lowest BCUT2D eigenvalue weighted by Gasteiger charge is -2.08. The Morgan fingerprint density at radius 2 is 2.05 bits per heavy atom. The van der Waals surface area contributed by atoms with E-state index in [1.54, 1.807) is 11.3 Å². The smallest absolute Gasteiger partial charge is 0.339 e. The van der Waals surface area contributed by atoms with Gasteiger partial charge in [0.05, 0.1) is 0 Å². The molecule has 100 valence electrons. The van der Waals surface area contributed by atoms with Gasteiger partial charge in [-0.1, -0.05) is 18.5 Å². The first-order chi connectivity index (χ1) is 9.10. The molecule has 0 atom stereocenters. The maximum Gasteiger partial charge on any atom is 0.339 e. The molecule has 1 aromatic heterocycles. The number of halogens is 1. The zero-order chi connectivity index (χ0) is 13.8. The molecule has 2 rings (SSSR count). The number of benzene rings is 1. The van der Waals surface area contributed by atoms with E-state index in [4.69, 9.17) is 21.4 Å². The van der Waals surface area contributed by atoms with Crippen molar-refractivity contribution in [1.82, 2.24) is 0 Å². The molecule has 0 radical (unpaired) electrons. The van der Waals surface area contributed by atoms with E-state index in [-0.39, 0.29) is 5.56 Å². The fraction of sp³-hybridized carbons (Fsp3) is 0.214. The van der Waals surface area contributed by atoms with Gasteiger partial charge >= 0.3 is 5.97 Å². The third kappa shape index (κ3) is 3.49. The van der Waals surface area contributed by atoms with E-state index in [1.807, 2.05) is 6.07 Å². The van der Waals surface area contributed by atoms with Gasteiger partial charge in [0.2, 0.25) is 0 Å². The van der Waals surface area contributed by atoms with Crippen molar-refractivity contribution in [3.05, 3.63) is 50.7 Å². The summed E-state index contributed by atoms with van der Waals surface area (Å²) in [6, 6.07) is 8.57. The van der Waals surface area contributed by atoms with Crippen LogP contribution in [0.5, 0.6) is 5.75 Å². The molecule has 0 amide bonds. The Kier molecular flexibility index (Phi) is 4.45. The van der Waals surface area contributed by atoms with Gasteiger partial charge in [-0.25, -0.2) is 4.79 Å². The molecule has 0 spiro atoms. The Morgan fingerprint density at radius 3 is 2.68 bits per heavy atom. The highest BCUT2D eigenvalue weighted by Crippen LogP contribution is 2.25. The monoisotopic (exact) mass is 296 g/mol. The lowest BCUT2D eigenvalue weighted by molar-refractivity contribution is 0.0692. The van der Waals surface area contributed by atoms with Gasteiger partial charge in [-0.2, -0.15) is 0 Å². The molecule has 19 heavy (non-hydrogen) atoms. The highest BCUT2D eigenvalue weighted by atomic mass is 35.5. The highest BCUT2D eigenvalue weighted by molar-refractivity contribution is 7.11. The molecule has 1 N–H and O–H groups in total. The van der Waals surface area contributed by atoms with Crippen molar-refractivity contribution in [3.63, 3.8) is 0 Å². The minimum atomic E-state index is -1.02. The summed E-state index contributed by atoms with van der Waals surface area (Å²) >= 11 is 7.52.